The Bertz CT molecular complexity index is 1920. The van der Waals surface area contributed by atoms with Gasteiger partial charge in [0.1, 0.15) is 0 Å². The SMILES string of the molecule is C[C](C)=[Zr+2]([C]1=CC(C2(C)CCCCC2)=CC1C)[CH]1c2cc(-c3ccccc3)c(C(C)(C)C)cc2-c2cc(C(C)(C)C)c(-c3ccccc3)cc21.[Cl-].[Cl-]. The second kappa shape index (κ2) is 15.4. The molecule has 0 bridgehead atoms. The Kier molecular flexibility index (Phi) is 12.1. The number of allylic oxidation sites excluding steroid dienone is 4. The zero-order valence-corrected chi connectivity index (χ0v) is 37.2. The Morgan fingerprint density at radius 3 is 1.48 bits per heavy atom. The molecule has 0 N–H and O–H groups in total. The van der Waals surface area contributed by atoms with Crippen molar-refractivity contribution in [1.82, 2.24) is 0 Å². The molecule has 1 fully saturated rings. The van der Waals surface area contributed by atoms with Crippen molar-refractivity contribution in [1.29, 1.82) is 0 Å². The Morgan fingerprint density at radius 1 is 0.635 bits per heavy atom. The Labute approximate surface area is 335 Å². The van der Waals surface area contributed by atoms with E-state index in [1.54, 1.807) is 23.2 Å². The van der Waals surface area contributed by atoms with Crippen molar-refractivity contribution in [3.05, 3.63) is 128 Å². The second-order valence-corrected chi connectivity index (χ2v) is 25.5. The summed E-state index contributed by atoms with van der Waals surface area (Å²) in [5, 5.41) is 0. The first-order chi connectivity index (χ1) is 23.7. The third-order valence-corrected chi connectivity index (χ3v) is 20.7. The smallest absolute Gasteiger partial charge is 1.00 e. The molecule has 1 atom stereocenters. The summed E-state index contributed by atoms with van der Waals surface area (Å²) in [4.78, 5) is 0. The van der Waals surface area contributed by atoms with Gasteiger partial charge in [0.2, 0.25) is 0 Å². The third-order valence-electron chi connectivity index (χ3n) is 12.1. The molecule has 3 aliphatic carbocycles. The first kappa shape index (κ1) is 40.9. The predicted molar refractivity (Wildman–Crippen MR) is 215 cm³/mol. The van der Waals surface area contributed by atoms with Gasteiger partial charge in [-0.15, -0.1) is 0 Å². The largest absolute Gasteiger partial charge is 1.00 e. The number of hydrogen-bond donors (Lipinski definition) is 0. The van der Waals surface area contributed by atoms with Gasteiger partial charge < -0.3 is 24.8 Å². The van der Waals surface area contributed by atoms with E-state index in [9.17, 15) is 0 Å². The van der Waals surface area contributed by atoms with Crippen molar-refractivity contribution in [2.45, 2.75) is 116 Å². The summed E-state index contributed by atoms with van der Waals surface area (Å²) >= 11 is -2.52. The molecule has 4 aromatic carbocycles. The monoisotopic (exact) mass is 806 g/mol. The van der Waals surface area contributed by atoms with Gasteiger partial charge in [-0.2, -0.15) is 0 Å². The quantitative estimate of drug-likeness (QED) is 0.192. The molecule has 0 amide bonds. The summed E-state index contributed by atoms with van der Waals surface area (Å²) in [7, 11) is 0. The molecule has 3 aliphatic rings. The second-order valence-electron chi connectivity index (χ2n) is 18.2. The summed E-state index contributed by atoms with van der Waals surface area (Å²) in [6.45, 7) is 24.4. The van der Waals surface area contributed by atoms with Crippen LogP contribution in [0.1, 0.15) is 127 Å². The van der Waals surface area contributed by atoms with Crippen molar-refractivity contribution >= 4 is 3.21 Å². The molecule has 272 valence electrons. The molecule has 1 saturated carbocycles. The molecule has 0 saturated heterocycles. The van der Waals surface area contributed by atoms with E-state index < -0.39 is 21.3 Å². The van der Waals surface area contributed by atoms with Crippen LogP contribution in [-0.4, -0.2) is 3.21 Å². The average Bonchev–Trinajstić information content (AvgIpc) is 3.62. The number of benzene rings is 4. The zero-order valence-electron chi connectivity index (χ0n) is 33.2. The van der Waals surface area contributed by atoms with Crippen molar-refractivity contribution in [3.63, 3.8) is 0 Å². The van der Waals surface area contributed by atoms with Gasteiger partial charge in [-0.25, -0.2) is 0 Å². The van der Waals surface area contributed by atoms with Crippen LogP contribution in [0.25, 0.3) is 33.4 Å². The minimum Gasteiger partial charge on any atom is -1.00 e. The van der Waals surface area contributed by atoms with Gasteiger partial charge in [-0.05, 0) is 0 Å². The van der Waals surface area contributed by atoms with Gasteiger partial charge in [0.15, 0.2) is 0 Å². The van der Waals surface area contributed by atoms with Gasteiger partial charge in [-0.3, -0.25) is 0 Å². The molecule has 7 rings (SSSR count). The fourth-order valence-electron chi connectivity index (χ4n) is 9.38. The maximum Gasteiger partial charge on any atom is -1.00 e. The van der Waals surface area contributed by atoms with E-state index in [1.807, 2.05) is 0 Å². The van der Waals surface area contributed by atoms with Crippen LogP contribution in [0.4, 0.5) is 0 Å². The van der Waals surface area contributed by atoms with E-state index in [2.05, 4.69) is 166 Å². The topological polar surface area (TPSA) is 0 Å². The van der Waals surface area contributed by atoms with Gasteiger partial charge in [0, 0.05) is 0 Å². The van der Waals surface area contributed by atoms with E-state index in [4.69, 9.17) is 0 Å². The summed E-state index contributed by atoms with van der Waals surface area (Å²) in [5.74, 6) is 0.519. The van der Waals surface area contributed by atoms with E-state index in [-0.39, 0.29) is 35.6 Å². The molecule has 0 aliphatic heterocycles. The maximum atomic E-state index is 2.76. The first-order valence-electron chi connectivity index (χ1n) is 19.3. The molecule has 4 aromatic rings. The van der Waals surface area contributed by atoms with Crippen LogP contribution in [0.5, 0.6) is 0 Å². The van der Waals surface area contributed by atoms with E-state index in [1.165, 1.54) is 76.6 Å². The summed E-state index contributed by atoms with van der Waals surface area (Å²) < 4.78 is 3.96. The molecule has 0 aromatic heterocycles. The van der Waals surface area contributed by atoms with Crippen LogP contribution in [0.2, 0.25) is 0 Å². The van der Waals surface area contributed by atoms with E-state index in [0.717, 1.165) is 0 Å². The van der Waals surface area contributed by atoms with E-state index in [0.29, 0.717) is 15.0 Å². The van der Waals surface area contributed by atoms with Gasteiger partial charge in [0.05, 0.1) is 0 Å². The van der Waals surface area contributed by atoms with Crippen molar-refractivity contribution in [2.24, 2.45) is 11.3 Å². The van der Waals surface area contributed by atoms with Crippen LogP contribution >= 0.6 is 0 Å². The molecular weight excluding hydrogens is 751 g/mol. The molecule has 0 heterocycles. The third kappa shape index (κ3) is 7.51. The Morgan fingerprint density at radius 2 is 1.08 bits per heavy atom. The zero-order chi connectivity index (χ0) is 35.6. The number of rotatable bonds is 5. The minimum atomic E-state index is -2.52. The Hall–Kier alpha value is -2.31. The van der Waals surface area contributed by atoms with Gasteiger partial charge in [0.25, 0.3) is 0 Å². The van der Waals surface area contributed by atoms with Gasteiger partial charge >= 0.3 is 313 Å². The van der Waals surface area contributed by atoms with Crippen molar-refractivity contribution < 1.29 is 46.1 Å². The number of hydrogen-bond acceptors (Lipinski definition) is 0. The number of fused-ring (bicyclic) bond motifs is 3. The van der Waals surface area contributed by atoms with Gasteiger partial charge in [-0.1, -0.05) is 0 Å². The van der Waals surface area contributed by atoms with Crippen LogP contribution in [0, 0.1) is 11.3 Å². The molecule has 3 heteroatoms. The minimum absolute atomic E-state index is 0. The summed E-state index contributed by atoms with van der Waals surface area (Å²) in [6, 6.07) is 33.0. The van der Waals surface area contributed by atoms with Crippen molar-refractivity contribution in [3.8, 4) is 33.4 Å². The predicted octanol–water partition coefficient (Wildman–Crippen LogP) is 7.95. The molecular formula is C49H58Cl2Zr. The summed E-state index contributed by atoms with van der Waals surface area (Å²) in [6.07, 6.45) is 12.3. The fraction of sp³-hybridized carbons (Fsp3) is 0.408. The van der Waals surface area contributed by atoms with Crippen LogP contribution in [-0.2, 0) is 32.1 Å². The molecule has 1 unspecified atom stereocenters. The Balaban J connectivity index is 0.00000261. The first-order valence-corrected chi connectivity index (χ1v) is 23.1. The fourth-order valence-corrected chi connectivity index (χ4v) is 17.9. The standard InChI is InChI=1S/C33H33.C13H19.C3H6.2ClH.Zr/c1-32(2,3)30-20-26-24(18-28(30)22-13-9-7-10-14-22)17-25-19-29(23-15-11-8-12-16-23)31(21-27(25)26)33(4,5)6;1-11-6-7-12(10-11)13(2)8-4-3-5-9-13;1-3-2;;;/h7-21H,1-6H3;7,10-11H,3-5,8-9H2,1-2H3;1-2H3;2*1H;/q;;;;;+2/p-2. The number of halogens is 2. The van der Waals surface area contributed by atoms with E-state index >= 15 is 0 Å². The summed E-state index contributed by atoms with van der Waals surface area (Å²) in [5.41, 5.74) is 16.5. The average molecular weight is 809 g/mol. The normalized spacial score (nSPS) is 17.8. The van der Waals surface area contributed by atoms with Crippen LogP contribution < -0.4 is 24.8 Å². The van der Waals surface area contributed by atoms with Crippen LogP contribution in [0.15, 0.2) is 106 Å². The molecule has 0 spiro atoms. The molecule has 52 heavy (non-hydrogen) atoms. The molecule has 0 radical (unpaired) electrons. The maximum absolute atomic E-state index is 2.76. The van der Waals surface area contributed by atoms with Crippen LogP contribution in [0.3, 0.4) is 0 Å². The molecule has 0 nitrogen and oxygen atoms in total. The van der Waals surface area contributed by atoms with Crippen molar-refractivity contribution in [2.75, 3.05) is 0 Å².